The van der Waals surface area contributed by atoms with E-state index in [0.29, 0.717) is 6.54 Å². The second-order valence-corrected chi connectivity index (χ2v) is 6.57. The lowest BCUT2D eigenvalue weighted by atomic mass is 10.1. The number of carbonyl (C=O) groups excluding carboxylic acids is 1. The molecule has 3 rings (SSSR count). The summed E-state index contributed by atoms with van der Waals surface area (Å²) in [5, 5.41) is 2.99. The summed E-state index contributed by atoms with van der Waals surface area (Å²) in [7, 11) is 0. The van der Waals surface area contributed by atoms with Crippen LogP contribution in [0.15, 0.2) is 48.7 Å². The van der Waals surface area contributed by atoms with Gasteiger partial charge in [-0.2, -0.15) is 0 Å². The Hall–Kier alpha value is -2.40. The van der Waals surface area contributed by atoms with Crippen molar-refractivity contribution < 1.29 is 4.79 Å². The lowest BCUT2D eigenvalue weighted by Gasteiger charge is -2.38. The van der Waals surface area contributed by atoms with Gasteiger partial charge in [0.05, 0.1) is 18.3 Å². The highest BCUT2D eigenvalue weighted by atomic mass is 16.2. The first-order valence-corrected chi connectivity index (χ1v) is 8.87. The zero-order chi connectivity index (χ0) is 17.6. The Morgan fingerprint density at radius 3 is 2.48 bits per heavy atom. The van der Waals surface area contributed by atoms with E-state index < -0.39 is 0 Å². The number of piperazine rings is 1. The van der Waals surface area contributed by atoms with Gasteiger partial charge >= 0.3 is 0 Å². The van der Waals surface area contributed by atoms with Gasteiger partial charge in [0.1, 0.15) is 0 Å². The second kappa shape index (κ2) is 8.12. The largest absolute Gasteiger partial charge is 0.369 e. The van der Waals surface area contributed by atoms with E-state index in [1.807, 2.05) is 25.1 Å². The molecular formula is C20H26N4O. The van der Waals surface area contributed by atoms with Gasteiger partial charge in [0.15, 0.2) is 0 Å². The molecule has 1 aliphatic rings. The van der Waals surface area contributed by atoms with Crippen LogP contribution in [0.3, 0.4) is 0 Å². The number of hydrogen-bond acceptors (Lipinski definition) is 4. The summed E-state index contributed by atoms with van der Waals surface area (Å²) in [4.78, 5) is 21.3. The Morgan fingerprint density at radius 2 is 1.84 bits per heavy atom. The first-order chi connectivity index (χ1) is 12.1. The number of carbonyl (C=O) groups is 1. The zero-order valence-corrected chi connectivity index (χ0v) is 15.0. The van der Waals surface area contributed by atoms with Gasteiger partial charge in [0, 0.05) is 38.1 Å². The minimum atomic E-state index is -0.121. The van der Waals surface area contributed by atoms with Gasteiger partial charge in [-0.1, -0.05) is 23.8 Å². The molecule has 0 aliphatic carbocycles. The number of aromatic nitrogens is 1. The molecule has 1 atom stereocenters. The Bertz CT molecular complexity index is 679. The molecule has 0 saturated carbocycles. The lowest BCUT2D eigenvalue weighted by molar-refractivity contribution is -0.126. The Morgan fingerprint density at radius 1 is 1.12 bits per heavy atom. The van der Waals surface area contributed by atoms with E-state index in [1.54, 1.807) is 6.20 Å². The first kappa shape index (κ1) is 17.4. The topological polar surface area (TPSA) is 48.5 Å². The van der Waals surface area contributed by atoms with E-state index in [4.69, 9.17) is 0 Å². The van der Waals surface area contributed by atoms with Crippen molar-refractivity contribution in [3.05, 3.63) is 59.9 Å². The van der Waals surface area contributed by atoms with E-state index in [0.717, 1.165) is 31.9 Å². The summed E-state index contributed by atoms with van der Waals surface area (Å²) in [6, 6.07) is 14.3. The molecule has 0 bridgehead atoms. The molecule has 132 valence electrons. The van der Waals surface area contributed by atoms with Gasteiger partial charge in [-0.05, 0) is 38.1 Å². The molecule has 0 spiro atoms. The van der Waals surface area contributed by atoms with Crippen LogP contribution in [-0.2, 0) is 11.3 Å². The maximum atomic E-state index is 12.4. The quantitative estimate of drug-likeness (QED) is 0.908. The van der Waals surface area contributed by atoms with Crippen LogP contribution in [-0.4, -0.2) is 48.0 Å². The van der Waals surface area contributed by atoms with Gasteiger partial charge in [-0.25, -0.2) is 0 Å². The van der Waals surface area contributed by atoms with Crippen molar-refractivity contribution in [3.63, 3.8) is 0 Å². The fourth-order valence-electron chi connectivity index (χ4n) is 3.12. The molecule has 25 heavy (non-hydrogen) atoms. The van der Waals surface area contributed by atoms with Crippen LogP contribution in [0, 0.1) is 6.92 Å². The Labute approximate surface area is 149 Å². The molecular weight excluding hydrogens is 312 g/mol. The maximum Gasteiger partial charge on any atom is 0.237 e. The van der Waals surface area contributed by atoms with Crippen molar-refractivity contribution in [1.29, 1.82) is 0 Å². The van der Waals surface area contributed by atoms with E-state index in [2.05, 4.69) is 51.3 Å². The van der Waals surface area contributed by atoms with Crippen molar-refractivity contribution in [1.82, 2.24) is 15.2 Å². The molecule has 1 fully saturated rings. The fourth-order valence-corrected chi connectivity index (χ4v) is 3.12. The predicted molar refractivity (Wildman–Crippen MR) is 101 cm³/mol. The summed E-state index contributed by atoms with van der Waals surface area (Å²) >= 11 is 0. The number of rotatable bonds is 5. The summed E-state index contributed by atoms with van der Waals surface area (Å²) in [6.45, 7) is 8.25. The van der Waals surface area contributed by atoms with Gasteiger partial charge < -0.3 is 10.2 Å². The van der Waals surface area contributed by atoms with Gasteiger partial charge in [0.25, 0.3) is 0 Å². The van der Waals surface area contributed by atoms with Gasteiger partial charge in [-0.15, -0.1) is 0 Å². The lowest BCUT2D eigenvalue weighted by Crippen LogP contribution is -2.53. The smallest absolute Gasteiger partial charge is 0.237 e. The number of anilines is 1. The molecule has 1 aromatic carbocycles. The van der Waals surface area contributed by atoms with Gasteiger partial charge in [0.2, 0.25) is 5.91 Å². The molecule has 2 aromatic rings. The standard InChI is InChI=1S/C20H26N4O/c1-16-6-8-19(9-7-16)24-13-11-23(12-14-24)17(2)20(25)22-15-18-5-3-4-10-21-18/h3-10,17H,11-15H2,1-2H3,(H,22,25)/t17-/m1/s1. The van der Waals surface area contributed by atoms with E-state index >= 15 is 0 Å². The van der Waals surface area contributed by atoms with Crippen molar-refractivity contribution in [2.45, 2.75) is 26.4 Å². The molecule has 1 amide bonds. The third-order valence-corrected chi connectivity index (χ3v) is 4.81. The van der Waals surface area contributed by atoms with Gasteiger partial charge in [-0.3, -0.25) is 14.7 Å². The number of aryl methyl sites for hydroxylation is 1. The molecule has 1 saturated heterocycles. The number of benzene rings is 1. The van der Waals surface area contributed by atoms with E-state index in [9.17, 15) is 4.79 Å². The average Bonchev–Trinajstić information content (AvgIpc) is 2.67. The molecule has 5 nitrogen and oxygen atoms in total. The fraction of sp³-hybridized carbons (Fsp3) is 0.400. The summed E-state index contributed by atoms with van der Waals surface area (Å²) in [5.41, 5.74) is 3.42. The van der Waals surface area contributed by atoms with E-state index in [1.165, 1.54) is 11.3 Å². The number of hydrogen-bond donors (Lipinski definition) is 1. The average molecular weight is 338 g/mol. The van der Waals surface area contributed by atoms with Crippen molar-refractivity contribution >= 4 is 11.6 Å². The third-order valence-electron chi connectivity index (χ3n) is 4.81. The van der Waals surface area contributed by atoms with Crippen molar-refractivity contribution in [3.8, 4) is 0 Å². The highest BCUT2D eigenvalue weighted by Gasteiger charge is 2.25. The van der Waals surface area contributed by atoms with Crippen LogP contribution in [0.5, 0.6) is 0 Å². The third kappa shape index (κ3) is 4.57. The number of nitrogens with zero attached hydrogens (tertiary/aromatic N) is 3. The van der Waals surface area contributed by atoms with Crippen molar-refractivity contribution in [2.24, 2.45) is 0 Å². The minimum Gasteiger partial charge on any atom is -0.369 e. The molecule has 1 aliphatic heterocycles. The van der Waals surface area contributed by atoms with Crippen LogP contribution in [0.2, 0.25) is 0 Å². The van der Waals surface area contributed by atoms with Crippen LogP contribution in [0.25, 0.3) is 0 Å². The normalized spacial score (nSPS) is 16.5. The molecule has 5 heteroatoms. The van der Waals surface area contributed by atoms with Crippen LogP contribution < -0.4 is 10.2 Å². The van der Waals surface area contributed by atoms with Crippen LogP contribution in [0.1, 0.15) is 18.2 Å². The molecule has 1 N–H and O–H groups in total. The SMILES string of the molecule is Cc1ccc(N2CCN([C@H](C)C(=O)NCc3ccccn3)CC2)cc1. The molecule has 2 heterocycles. The summed E-state index contributed by atoms with van der Waals surface area (Å²) in [5.74, 6) is 0.0643. The maximum absolute atomic E-state index is 12.4. The van der Waals surface area contributed by atoms with Crippen molar-refractivity contribution in [2.75, 3.05) is 31.1 Å². The number of nitrogens with one attached hydrogen (secondary N) is 1. The minimum absolute atomic E-state index is 0.0643. The summed E-state index contributed by atoms with van der Waals surface area (Å²) < 4.78 is 0. The monoisotopic (exact) mass is 338 g/mol. The van der Waals surface area contributed by atoms with Crippen LogP contribution in [0.4, 0.5) is 5.69 Å². The molecule has 0 unspecified atom stereocenters. The predicted octanol–water partition coefficient (Wildman–Crippen LogP) is 2.22. The number of pyridine rings is 1. The zero-order valence-electron chi connectivity index (χ0n) is 15.0. The Kier molecular flexibility index (Phi) is 5.66. The second-order valence-electron chi connectivity index (χ2n) is 6.57. The molecule has 0 radical (unpaired) electrons. The number of amides is 1. The first-order valence-electron chi connectivity index (χ1n) is 8.87. The Balaban J connectivity index is 1.48. The highest BCUT2D eigenvalue weighted by molar-refractivity contribution is 5.81. The molecule has 1 aromatic heterocycles. The summed E-state index contributed by atoms with van der Waals surface area (Å²) in [6.07, 6.45) is 1.75. The van der Waals surface area contributed by atoms with E-state index in [-0.39, 0.29) is 11.9 Å². The highest BCUT2D eigenvalue weighted by Crippen LogP contribution is 2.18. The van der Waals surface area contributed by atoms with Crippen LogP contribution >= 0.6 is 0 Å².